The number of aromatic nitrogens is 1. The molecule has 0 spiro atoms. The molecule has 5 aromatic carbocycles. The van der Waals surface area contributed by atoms with Gasteiger partial charge in [-0.3, -0.25) is 5.41 Å². The summed E-state index contributed by atoms with van der Waals surface area (Å²) in [7, 11) is 2.03. The fourth-order valence-corrected chi connectivity index (χ4v) is 8.71. The molecule has 4 heteroatoms. The predicted molar refractivity (Wildman–Crippen MR) is 233 cm³/mol. The molecule has 1 unspecified atom stereocenters. The number of nitrogens with one attached hydrogen (secondary N) is 2. The minimum absolute atomic E-state index is 0.145. The van der Waals surface area contributed by atoms with Crippen LogP contribution in [-0.2, 0) is 12.8 Å². The maximum absolute atomic E-state index is 9.08. The summed E-state index contributed by atoms with van der Waals surface area (Å²) in [6.07, 6.45) is 17.6. The molecule has 2 N–H and O–H groups in total. The monoisotopic (exact) mass is 714 g/mol. The summed E-state index contributed by atoms with van der Waals surface area (Å²) < 4.78 is 0. The molecule has 0 saturated carbocycles. The van der Waals surface area contributed by atoms with E-state index in [9.17, 15) is 0 Å². The molecule has 1 aliphatic heterocycles. The largest absolute Gasteiger partial charge is 0.387 e. The Balaban J connectivity index is 0.966. The third-order valence-electron chi connectivity index (χ3n) is 11.6. The van der Waals surface area contributed by atoms with E-state index in [2.05, 4.69) is 146 Å². The van der Waals surface area contributed by atoms with Gasteiger partial charge in [0.05, 0.1) is 34.2 Å². The molecule has 6 aromatic rings. The van der Waals surface area contributed by atoms with Gasteiger partial charge in [-0.05, 0) is 118 Å². The summed E-state index contributed by atoms with van der Waals surface area (Å²) in [4.78, 5) is 10.3. The molecule has 0 fully saturated rings. The highest BCUT2D eigenvalue weighted by Crippen LogP contribution is 2.44. The Hall–Kier alpha value is -6.13. The van der Waals surface area contributed by atoms with Crippen LogP contribution in [-0.4, -0.2) is 23.5 Å². The molecular formula is C51H46N4. The number of aliphatic imine (C=N–C) groups is 1. The van der Waals surface area contributed by atoms with E-state index < -0.39 is 0 Å². The quantitative estimate of drug-likeness (QED) is 0.116. The first-order valence-electron chi connectivity index (χ1n) is 19.8. The van der Waals surface area contributed by atoms with Gasteiger partial charge in [0.15, 0.2) is 0 Å². The third-order valence-corrected chi connectivity index (χ3v) is 11.6. The lowest BCUT2D eigenvalue weighted by molar-refractivity contribution is 0.820. The first-order valence-corrected chi connectivity index (χ1v) is 19.8. The van der Waals surface area contributed by atoms with Crippen LogP contribution in [0.2, 0.25) is 0 Å². The zero-order valence-corrected chi connectivity index (χ0v) is 31.7. The van der Waals surface area contributed by atoms with Gasteiger partial charge >= 0.3 is 0 Å². The van der Waals surface area contributed by atoms with Crippen molar-refractivity contribution in [3.05, 3.63) is 179 Å². The number of hydrogen-bond acceptors (Lipinski definition) is 4. The van der Waals surface area contributed by atoms with Crippen molar-refractivity contribution in [1.29, 1.82) is 5.41 Å². The molecule has 0 bridgehead atoms. The van der Waals surface area contributed by atoms with E-state index >= 15 is 0 Å². The number of fused-ring (bicyclic) bond motifs is 5. The summed E-state index contributed by atoms with van der Waals surface area (Å²) in [6, 6.07) is 39.7. The maximum Gasteiger partial charge on any atom is 0.0925 e. The van der Waals surface area contributed by atoms with E-state index in [1.165, 1.54) is 66.1 Å². The normalized spacial score (nSPS) is 15.8. The standard InChI is InChI=1S/C51H46N4/c1-33(23-28-45(52)47-30-27-37-25-24-36-26-29-46(35-14-4-3-5-15-35)54-49(36)50(37)55-47)38-17-12-13-34(31-38)32-39-16-6-7-18-40(39)48-43-21-10-8-19-41(43)42-20-9-11-22-44(42)51(48)53-2/h4,6-23,26,28-29,31,33,52-53H,3,5,24-25,27,30,32H2,1-2H3/b28-23-,52-45?. The SMILES string of the molecule is CNc1c(-c2ccccc2Cc2cccc(C(C)/C=C\C(=N)C3=NC4=C(CC3)CCc3ccc(C5=CCCC=C5)nc34)c2)c2ccccc2c2ccccc12. The van der Waals surface area contributed by atoms with Crippen LogP contribution < -0.4 is 5.32 Å². The van der Waals surface area contributed by atoms with Crippen molar-refractivity contribution < 1.29 is 0 Å². The topological polar surface area (TPSA) is 61.1 Å². The lowest BCUT2D eigenvalue weighted by Crippen LogP contribution is -2.18. The van der Waals surface area contributed by atoms with Crippen molar-refractivity contribution in [2.45, 2.75) is 57.8 Å². The predicted octanol–water partition coefficient (Wildman–Crippen LogP) is 12.7. The zero-order valence-electron chi connectivity index (χ0n) is 31.7. The number of rotatable bonds is 9. The molecule has 0 saturated heterocycles. The Morgan fingerprint density at radius 1 is 0.800 bits per heavy atom. The van der Waals surface area contributed by atoms with E-state index in [-0.39, 0.29) is 5.92 Å². The van der Waals surface area contributed by atoms with Gasteiger partial charge in [0.2, 0.25) is 0 Å². The first-order chi connectivity index (χ1) is 27.1. The van der Waals surface area contributed by atoms with Gasteiger partial charge in [-0.1, -0.05) is 134 Å². The van der Waals surface area contributed by atoms with Gasteiger partial charge < -0.3 is 5.32 Å². The van der Waals surface area contributed by atoms with Crippen molar-refractivity contribution in [3.63, 3.8) is 0 Å². The van der Waals surface area contributed by atoms with Gasteiger partial charge in [0, 0.05) is 18.0 Å². The van der Waals surface area contributed by atoms with Gasteiger partial charge in [0.25, 0.3) is 0 Å². The highest BCUT2D eigenvalue weighted by Gasteiger charge is 2.26. The van der Waals surface area contributed by atoms with E-state index in [1.54, 1.807) is 0 Å². The second-order valence-electron chi connectivity index (χ2n) is 15.1. The van der Waals surface area contributed by atoms with Crippen molar-refractivity contribution in [2.24, 2.45) is 4.99 Å². The molecule has 2 aliphatic carbocycles. The zero-order chi connectivity index (χ0) is 37.3. The molecule has 4 nitrogen and oxygen atoms in total. The summed E-state index contributed by atoms with van der Waals surface area (Å²) in [5, 5.41) is 17.7. The second-order valence-corrected chi connectivity index (χ2v) is 15.1. The van der Waals surface area contributed by atoms with Gasteiger partial charge in [-0.25, -0.2) is 9.98 Å². The maximum atomic E-state index is 9.08. The Kier molecular flexibility index (Phi) is 9.41. The molecule has 2 heterocycles. The van der Waals surface area contributed by atoms with Crippen LogP contribution in [0.25, 0.3) is 43.9 Å². The molecule has 55 heavy (non-hydrogen) atoms. The molecular weight excluding hydrogens is 669 g/mol. The number of allylic oxidation sites excluding steroid dienone is 7. The summed E-state index contributed by atoms with van der Waals surface area (Å²) >= 11 is 0. The molecule has 9 rings (SSSR count). The van der Waals surface area contributed by atoms with E-state index in [0.717, 1.165) is 73.4 Å². The number of anilines is 1. The van der Waals surface area contributed by atoms with Crippen molar-refractivity contribution >= 4 is 49.9 Å². The van der Waals surface area contributed by atoms with Crippen LogP contribution >= 0.6 is 0 Å². The van der Waals surface area contributed by atoms with Crippen molar-refractivity contribution in [2.75, 3.05) is 12.4 Å². The van der Waals surface area contributed by atoms with Crippen molar-refractivity contribution in [1.82, 2.24) is 4.98 Å². The number of pyridine rings is 1. The highest BCUT2D eigenvalue weighted by molar-refractivity contribution is 6.46. The van der Waals surface area contributed by atoms with Crippen LogP contribution in [0.15, 0.2) is 150 Å². The number of aryl methyl sites for hydroxylation is 1. The van der Waals surface area contributed by atoms with Gasteiger partial charge in [-0.15, -0.1) is 0 Å². The van der Waals surface area contributed by atoms with Crippen LogP contribution in [0, 0.1) is 5.41 Å². The fraction of sp³-hybridized carbons (Fsp3) is 0.196. The second kappa shape index (κ2) is 14.9. The molecule has 0 amide bonds. The number of nitrogens with zero attached hydrogens (tertiary/aromatic N) is 2. The minimum atomic E-state index is 0.145. The Morgan fingerprint density at radius 3 is 2.38 bits per heavy atom. The average molecular weight is 715 g/mol. The minimum Gasteiger partial charge on any atom is -0.387 e. The Morgan fingerprint density at radius 2 is 1.56 bits per heavy atom. The van der Waals surface area contributed by atoms with Gasteiger partial charge in [0.1, 0.15) is 0 Å². The summed E-state index contributed by atoms with van der Waals surface area (Å²) in [5.74, 6) is 0.145. The van der Waals surface area contributed by atoms with Crippen molar-refractivity contribution in [3.8, 4) is 11.1 Å². The summed E-state index contributed by atoms with van der Waals surface area (Å²) in [5.41, 5.74) is 15.7. The lowest BCUT2D eigenvalue weighted by Gasteiger charge is -2.25. The van der Waals surface area contributed by atoms with Crippen LogP contribution in [0.4, 0.5) is 5.69 Å². The fourth-order valence-electron chi connectivity index (χ4n) is 8.71. The molecule has 1 aromatic heterocycles. The first kappa shape index (κ1) is 34.6. The van der Waals surface area contributed by atoms with Crippen LogP contribution in [0.3, 0.4) is 0 Å². The Labute approximate surface area is 324 Å². The van der Waals surface area contributed by atoms with E-state index in [4.69, 9.17) is 15.4 Å². The smallest absolute Gasteiger partial charge is 0.0925 e. The molecule has 3 aliphatic rings. The third kappa shape index (κ3) is 6.67. The Bertz CT molecular complexity index is 2650. The van der Waals surface area contributed by atoms with Crippen LogP contribution in [0.1, 0.15) is 78.6 Å². The van der Waals surface area contributed by atoms with Crippen LogP contribution in [0.5, 0.6) is 0 Å². The number of benzene rings is 5. The molecule has 270 valence electrons. The highest BCUT2D eigenvalue weighted by atomic mass is 14.9. The molecule has 1 atom stereocenters. The lowest BCUT2D eigenvalue weighted by atomic mass is 9.86. The summed E-state index contributed by atoms with van der Waals surface area (Å²) in [6.45, 7) is 2.22. The van der Waals surface area contributed by atoms with E-state index in [0.29, 0.717) is 5.71 Å². The average Bonchev–Trinajstić information content (AvgIpc) is 3.25. The number of hydrogen-bond donors (Lipinski definition) is 2. The van der Waals surface area contributed by atoms with E-state index in [1.807, 2.05) is 13.1 Å². The van der Waals surface area contributed by atoms with Gasteiger partial charge in [-0.2, -0.15) is 0 Å². The molecule has 0 radical (unpaired) electrons.